The third-order valence-corrected chi connectivity index (χ3v) is 5.70. The topological polar surface area (TPSA) is 24.7 Å². The Morgan fingerprint density at radius 1 is 0.621 bits per heavy atom. The van der Waals surface area contributed by atoms with E-state index in [4.69, 9.17) is 0 Å². The highest BCUT2D eigenvalue weighted by atomic mass is 19.4. The summed E-state index contributed by atoms with van der Waals surface area (Å²) in [6, 6.07) is 9.57. The van der Waals surface area contributed by atoms with E-state index in [2.05, 4.69) is 10.2 Å². The van der Waals surface area contributed by atoms with Crippen molar-refractivity contribution in [3.63, 3.8) is 0 Å². The third-order valence-electron chi connectivity index (χ3n) is 5.70. The van der Waals surface area contributed by atoms with Crippen LogP contribution >= 0.6 is 0 Å². The van der Waals surface area contributed by atoms with Gasteiger partial charge >= 0.3 is 12.4 Å². The van der Waals surface area contributed by atoms with E-state index in [9.17, 15) is 26.3 Å². The minimum absolute atomic E-state index is 0.0611. The predicted molar refractivity (Wildman–Crippen MR) is 96.7 cm³/mol. The monoisotopic (exact) mass is 410 g/mol. The van der Waals surface area contributed by atoms with Gasteiger partial charge in [-0.05, 0) is 40.8 Å². The smallest absolute Gasteiger partial charge is 0.166 e. The molecule has 0 bridgehead atoms. The van der Waals surface area contributed by atoms with Crippen molar-refractivity contribution in [1.82, 2.24) is 0 Å². The van der Waals surface area contributed by atoms with Gasteiger partial charge in [0.2, 0.25) is 0 Å². The van der Waals surface area contributed by atoms with Gasteiger partial charge in [0.15, 0.2) is 0 Å². The molecule has 2 nitrogen and oxygen atoms in total. The number of fused-ring (bicyclic) bond motifs is 1. The first kappa shape index (κ1) is 19.7. The van der Waals surface area contributed by atoms with Crippen molar-refractivity contribution in [1.29, 1.82) is 0 Å². The lowest BCUT2D eigenvalue weighted by Crippen LogP contribution is -2.16. The fourth-order valence-corrected chi connectivity index (χ4v) is 4.03. The molecule has 0 N–H and O–H groups in total. The number of alkyl halides is 6. The maximum absolute atomic E-state index is 12.8. The largest absolute Gasteiger partial charge is 0.416 e. The fourth-order valence-electron chi connectivity index (χ4n) is 4.03. The average Bonchev–Trinajstić information content (AvgIpc) is 3.23. The molecule has 0 radical (unpaired) electrons. The van der Waals surface area contributed by atoms with Crippen molar-refractivity contribution in [2.75, 3.05) is 0 Å². The molecule has 2 aliphatic rings. The standard InChI is InChI=1S/C21H16F6N2/c1-19(2)15-16(19)18(12-5-9-14(10-6-12)21(25,26)27)29-28-17(15)11-3-7-13(8-4-11)20(22,23)24/h3-10,15-16H,1-2H3/t15-,16+. The molecule has 2 aromatic carbocycles. The van der Waals surface area contributed by atoms with Crippen LogP contribution in [0.3, 0.4) is 0 Å². The van der Waals surface area contributed by atoms with Crippen LogP contribution in [-0.2, 0) is 12.4 Å². The molecule has 2 aromatic rings. The molecule has 0 spiro atoms. The lowest BCUT2D eigenvalue weighted by atomic mass is 9.98. The molecule has 1 fully saturated rings. The molecule has 8 heteroatoms. The van der Waals surface area contributed by atoms with Crippen LogP contribution in [0.4, 0.5) is 26.3 Å². The summed E-state index contributed by atoms with van der Waals surface area (Å²) in [6.07, 6.45) is -8.83. The summed E-state index contributed by atoms with van der Waals surface area (Å²) < 4.78 is 76.7. The highest BCUT2D eigenvalue weighted by Gasteiger charge is 2.64. The SMILES string of the molecule is CC1(C)[C@@H]2C(c3ccc(C(F)(F)F)cc3)=NN=C(c3ccc(C(F)(F)F)cc3)[C@@H]21. The van der Waals surface area contributed by atoms with Crippen LogP contribution in [0.25, 0.3) is 0 Å². The van der Waals surface area contributed by atoms with E-state index in [-0.39, 0.29) is 17.3 Å². The number of nitrogens with zero attached hydrogens (tertiary/aromatic N) is 2. The Morgan fingerprint density at radius 3 is 1.21 bits per heavy atom. The van der Waals surface area contributed by atoms with Crippen LogP contribution in [0.2, 0.25) is 0 Å². The summed E-state index contributed by atoms with van der Waals surface area (Å²) in [5.74, 6) is -0.122. The Morgan fingerprint density at radius 2 is 0.931 bits per heavy atom. The van der Waals surface area contributed by atoms with Gasteiger partial charge in [-0.2, -0.15) is 36.5 Å². The van der Waals surface area contributed by atoms with Crippen LogP contribution < -0.4 is 0 Å². The highest BCUT2D eigenvalue weighted by molar-refractivity contribution is 6.15. The van der Waals surface area contributed by atoms with Crippen LogP contribution in [-0.4, -0.2) is 11.4 Å². The number of rotatable bonds is 2. The van der Waals surface area contributed by atoms with Crippen molar-refractivity contribution in [3.05, 3.63) is 70.8 Å². The molecule has 1 aliphatic heterocycles. The Labute approximate surface area is 163 Å². The zero-order valence-electron chi connectivity index (χ0n) is 15.4. The Kier molecular flexibility index (Phi) is 4.19. The van der Waals surface area contributed by atoms with Gasteiger partial charge in [0.25, 0.3) is 0 Å². The molecule has 0 saturated heterocycles. The number of hydrogen-bond acceptors (Lipinski definition) is 2. The molecule has 0 unspecified atom stereocenters. The molecule has 152 valence electrons. The Balaban J connectivity index is 1.68. The van der Waals surface area contributed by atoms with Crippen LogP contribution in [0, 0.1) is 17.3 Å². The van der Waals surface area contributed by atoms with Gasteiger partial charge < -0.3 is 0 Å². The number of hydrogen-bond donors (Lipinski definition) is 0. The van der Waals surface area contributed by atoms with Crippen LogP contribution in [0.1, 0.15) is 36.1 Å². The second kappa shape index (κ2) is 6.18. The summed E-state index contributed by atoms with van der Waals surface area (Å²) in [7, 11) is 0. The van der Waals surface area contributed by atoms with Gasteiger partial charge in [-0.3, -0.25) is 0 Å². The third kappa shape index (κ3) is 3.34. The van der Waals surface area contributed by atoms with E-state index in [1.165, 1.54) is 24.3 Å². The minimum atomic E-state index is -4.41. The van der Waals surface area contributed by atoms with Gasteiger partial charge in [0, 0.05) is 11.8 Å². The van der Waals surface area contributed by atoms with Crippen molar-refractivity contribution in [2.45, 2.75) is 26.2 Å². The maximum Gasteiger partial charge on any atom is 0.416 e. The van der Waals surface area contributed by atoms with Gasteiger partial charge in [-0.1, -0.05) is 38.1 Å². The molecule has 1 saturated carbocycles. The summed E-state index contributed by atoms with van der Waals surface area (Å²) in [5.41, 5.74) is 0.604. The number of benzene rings is 2. The first-order valence-corrected chi connectivity index (χ1v) is 8.91. The lowest BCUT2D eigenvalue weighted by Gasteiger charge is -2.14. The van der Waals surface area contributed by atoms with E-state index in [0.29, 0.717) is 22.6 Å². The summed E-state index contributed by atoms with van der Waals surface area (Å²) in [4.78, 5) is 0. The quantitative estimate of drug-likeness (QED) is 0.527. The average molecular weight is 410 g/mol. The Bertz CT molecular complexity index is 914. The van der Waals surface area contributed by atoms with E-state index in [0.717, 1.165) is 24.3 Å². The molecule has 2 atom stereocenters. The number of halogens is 6. The van der Waals surface area contributed by atoms with Crippen molar-refractivity contribution >= 4 is 11.4 Å². The van der Waals surface area contributed by atoms with E-state index < -0.39 is 23.5 Å². The van der Waals surface area contributed by atoms with E-state index >= 15 is 0 Å². The highest BCUT2D eigenvalue weighted by Crippen LogP contribution is 2.62. The molecule has 29 heavy (non-hydrogen) atoms. The first-order chi connectivity index (χ1) is 13.4. The van der Waals surface area contributed by atoms with Gasteiger partial charge in [0.1, 0.15) is 0 Å². The van der Waals surface area contributed by atoms with Crippen molar-refractivity contribution in [2.24, 2.45) is 27.5 Å². The van der Waals surface area contributed by atoms with Gasteiger partial charge in [0.05, 0.1) is 22.6 Å². The molecule has 1 heterocycles. The zero-order valence-corrected chi connectivity index (χ0v) is 15.4. The minimum Gasteiger partial charge on any atom is -0.166 e. The lowest BCUT2D eigenvalue weighted by molar-refractivity contribution is -0.138. The second-order valence-corrected chi connectivity index (χ2v) is 7.90. The Hall–Kier alpha value is -2.64. The van der Waals surface area contributed by atoms with Crippen molar-refractivity contribution in [3.8, 4) is 0 Å². The molecule has 1 aliphatic carbocycles. The molecular weight excluding hydrogens is 394 g/mol. The van der Waals surface area contributed by atoms with Gasteiger partial charge in [-0.25, -0.2) is 0 Å². The first-order valence-electron chi connectivity index (χ1n) is 8.91. The van der Waals surface area contributed by atoms with E-state index in [1.807, 2.05) is 13.8 Å². The fraction of sp³-hybridized carbons (Fsp3) is 0.333. The molecule has 4 rings (SSSR count). The molecule has 0 aromatic heterocycles. The summed E-state index contributed by atoms with van der Waals surface area (Å²) >= 11 is 0. The van der Waals surface area contributed by atoms with Gasteiger partial charge in [-0.15, -0.1) is 0 Å². The summed E-state index contributed by atoms with van der Waals surface area (Å²) in [6.45, 7) is 3.99. The summed E-state index contributed by atoms with van der Waals surface area (Å²) in [5, 5.41) is 8.48. The normalized spacial score (nSPS) is 23.2. The van der Waals surface area contributed by atoms with Crippen molar-refractivity contribution < 1.29 is 26.3 Å². The van der Waals surface area contributed by atoms with Crippen LogP contribution in [0.15, 0.2) is 58.7 Å². The zero-order chi connectivity index (χ0) is 21.2. The predicted octanol–water partition coefficient (Wildman–Crippen LogP) is 6.20. The maximum atomic E-state index is 12.8. The van der Waals surface area contributed by atoms with Crippen LogP contribution in [0.5, 0.6) is 0 Å². The second-order valence-electron chi connectivity index (χ2n) is 7.90. The molecular formula is C21H16F6N2. The van der Waals surface area contributed by atoms with E-state index in [1.54, 1.807) is 0 Å². The molecule has 0 amide bonds.